The summed E-state index contributed by atoms with van der Waals surface area (Å²) in [4.78, 5) is 5.00. The van der Waals surface area contributed by atoms with Crippen LogP contribution in [0.4, 0.5) is 5.82 Å². The van der Waals surface area contributed by atoms with Gasteiger partial charge in [-0.05, 0) is 31.0 Å². The molecule has 0 radical (unpaired) electrons. The van der Waals surface area contributed by atoms with E-state index in [2.05, 4.69) is 29.1 Å². The summed E-state index contributed by atoms with van der Waals surface area (Å²) in [6.07, 6.45) is 1.71. The molecule has 3 aromatic rings. The van der Waals surface area contributed by atoms with Crippen molar-refractivity contribution >= 4 is 22.1 Å². The minimum atomic E-state index is 0.484. The van der Waals surface area contributed by atoms with Crippen LogP contribution in [0.2, 0.25) is 0 Å². The molecule has 0 atom stereocenters. The fourth-order valence-corrected chi connectivity index (χ4v) is 3.11. The number of fused-ring (bicyclic) bond motifs is 1. The summed E-state index contributed by atoms with van der Waals surface area (Å²) >= 11 is 1.50. The lowest BCUT2D eigenvalue weighted by Crippen LogP contribution is -1.93. The van der Waals surface area contributed by atoms with Gasteiger partial charge in [0.25, 0.3) is 0 Å². The second-order valence-corrected chi connectivity index (χ2v) is 5.42. The van der Waals surface area contributed by atoms with Gasteiger partial charge in [-0.2, -0.15) is 5.10 Å². The maximum Gasteiger partial charge on any atom is 0.214 e. The minimum absolute atomic E-state index is 0.484. The Morgan fingerprint density at radius 2 is 2.11 bits per heavy atom. The van der Waals surface area contributed by atoms with Crippen LogP contribution < -0.4 is 10.5 Å². The lowest BCUT2D eigenvalue weighted by molar-refractivity contribution is 0.413. The number of aryl methyl sites for hydroxylation is 2. The molecule has 0 unspecified atom stereocenters. The molecule has 0 saturated carbocycles. The molecule has 0 aliphatic rings. The van der Waals surface area contributed by atoms with Gasteiger partial charge in [-0.1, -0.05) is 17.4 Å². The van der Waals surface area contributed by atoms with E-state index in [0.29, 0.717) is 5.82 Å². The lowest BCUT2D eigenvalue weighted by atomic mass is 10.1. The Hall–Kier alpha value is -2.08. The second kappa shape index (κ2) is 4.24. The molecule has 0 amide bonds. The van der Waals surface area contributed by atoms with Crippen molar-refractivity contribution in [2.75, 3.05) is 12.8 Å². The third-order valence-corrected chi connectivity index (χ3v) is 3.87. The minimum Gasteiger partial charge on any atom is -0.496 e. The van der Waals surface area contributed by atoms with Crippen LogP contribution >= 0.6 is 11.3 Å². The predicted molar refractivity (Wildman–Crippen MR) is 76.7 cm³/mol. The molecule has 3 rings (SSSR count). The Kier molecular flexibility index (Phi) is 2.67. The zero-order valence-electron chi connectivity index (χ0n) is 11.0. The van der Waals surface area contributed by atoms with Crippen molar-refractivity contribution in [1.82, 2.24) is 14.6 Å². The molecule has 2 N–H and O–H groups in total. The molecular weight excluding hydrogens is 260 g/mol. The van der Waals surface area contributed by atoms with Gasteiger partial charge in [-0.25, -0.2) is 9.50 Å². The van der Waals surface area contributed by atoms with E-state index in [4.69, 9.17) is 10.5 Å². The third-order valence-electron chi connectivity index (χ3n) is 2.92. The van der Waals surface area contributed by atoms with E-state index in [9.17, 15) is 0 Å². The van der Waals surface area contributed by atoms with E-state index in [1.165, 1.54) is 16.9 Å². The lowest BCUT2D eigenvalue weighted by Gasteiger charge is -2.10. The number of benzene rings is 1. The van der Waals surface area contributed by atoms with Crippen molar-refractivity contribution in [3.05, 3.63) is 29.5 Å². The highest BCUT2D eigenvalue weighted by atomic mass is 32.1. The quantitative estimate of drug-likeness (QED) is 0.780. The number of aromatic nitrogens is 3. The van der Waals surface area contributed by atoms with Gasteiger partial charge in [0, 0.05) is 0 Å². The van der Waals surface area contributed by atoms with Gasteiger partial charge in [-0.15, -0.1) is 0 Å². The Bertz CT molecular complexity index is 728. The molecule has 0 saturated heterocycles. The highest BCUT2D eigenvalue weighted by molar-refractivity contribution is 7.19. The Morgan fingerprint density at radius 3 is 2.79 bits per heavy atom. The van der Waals surface area contributed by atoms with Crippen LogP contribution in [0.3, 0.4) is 0 Å². The number of ether oxygens (including phenoxy) is 1. The second-order valence-electron chi connectivity index (χ2n) is 4.46. The Balaban J connectivity index is 2.22. The number of nitrogen functional groups attached to an aromatic ring is 1. The van der Waals surface area contributed by atoms with Crippen molar-refractivity contribution in [3.63, 3.8) is 0 Å². The van der Waals surface area contributed by atoms with Gasteiger partial charge in [0.2, 0.25) is 4.96 Å². The normalized spacial score (nSPS) is 11.1. The summed E-state index contributed by atoms with van der Waals surface area (Å²) in [5.41, 5.74) is 8.92. The van der Waals surface area contributed by atoms with E-state index in [1.807, 2.05) is 6.92 Å². The SMILES string of the molecule is COc1c(C)cc(C)cc1-c1nn2cc(N)nc2s1. The van der Waals surface area contributed by atoms with Gasteiger partial charge in [0.05, 0.1) is 18.9 Å². The maximum atomic E-state index is 5.64. The number of rotatable bonds is 2. The number of nitrogens with two attached hydrogens (primary N) is 1. The van der Waals surface area contributed by atoms with E-state index in [0.717, 1.165) is 26.8 Å². The van der Waals surface area contributed by atoms with Gasteiger partial charge in [0.15, 0.2) is 5.01 Å². The van der Waals surface area contributed by atoms with Crippen molar-refractivity contribution in [3.8, 4) is 16.3 Å². The molecule has 0 spiro atoms. The molecule has 0 aliphatic heterocycles. The van der Waals surface area contributed by atoms with Crippen LogP contribution in [0.25, 0.3) is 15.5 Å². The number of imidazole rings is 1. The highest BCUT2D eigenvalue weighted by Crippen LogP contribution is 2.36. The van der Waals surface area contributed by atoms with Gasteiger partial charge in [0.1, 0.15) is 11.6 Å². The molecule has 2 aromatic heterocycles. The largest absolute Gasteiger partial charge is 0.496 e. The topological polar surface area (TPSA) is 65.4 Å². The number of nitrogens with zero attached hydrogens (tertiary/aromatic N) is 3. The predicted octanol–water partition coefficient (Wildman–Crippen LogP) is 2.67. The molecule has 0 bridgehead atoms. The number of hydrogen-bond donors (Lipinski definition) is 1. The van der Waals surface area contributed by atoms with Crippen molar-refractivity contribution in [1.29, 1.82) is 0 Å². The molecule has 6 heteroatoms. The molecule has 98 valence electrons. The summed E-state index contributed by atoms with van der Waals surface area (Å²) in [5, 5.41) is 5.39. The molecule has 1 aromatic carbocycles. The standard InChI is InChI=1S/C13H14N4OS/c1-7-4-8(2)11(18-3)9(5-7)12-16-17-6-10(14)15-13(17)19-12/h4-6H,14H2,1-3H3. The first kappa shape index (κ1) is 12.0. The van der Waals surface area contributed by atoms with Gasteiger partial charge < -0.3 is 10.5 Å². The first-order valence-corrected chi connectivity index (χ1v) is 6.67. The number of hydrogen-bond acceptors (Lipinski definition) is 5. The first-order chi connectivity index (χ1) is 9.08. The average molecular weight is 274 g/mol. The summed E-state index contributed by atoms with van der Waals surface area (Å²) in [6.45, 7) is 4.10. The van der Waals surface area contributed by atoms with Crippen LogP contribution in [0.15, 0.2) is 18.3 Å². The molecule has 5 nitrogen and oxygen atoms in total. The zero-order chi connectivity index (χ0) is 13.6. The van der Waals surface area contributed by atoms with Crippen LogP contribution in [0.1, 0.15) is 11.1 Å². The fraction of sp³-hybridized carbons (Fsp3) is 0.231. The molecule has 0 aliphatic carbocycles. The maximum absolute atomic E-state index is 5.64. The third kappa shape index (κ3) is 1.94. The van der Waals surface area contributed by atoms with Crippen LogP contribution in [-0.2, 0) is 0 Å². The van der Waals surface area contributed by atoms with Crippen molar-refractivity contribution in [2.24, 2.45) is 0 Å². The van der Waals surface area contributed by atoms with Gasteiger partial charge in [-0.3, -0.25) is 0 Å². The average Bonchev–Trinajstić information content (AvgIpc) is 2.84. The van der Waals surface area contributed by atoms with Gasteiger partial charge >= 0.3 is 0 Å². The van der Waals surface area contributed by atoms with Crippen LogP contribution in [0.5, 0.6) is 5.75 Å². The highest BCUT2D eigenvalue weighted by Gasteiger charge is 2.15. The monoisotopic (exact) mass is 274 g/mol. The summed E-state index contributed by atoms with van der Waals surface area (Å²) in [7, 11) is 1.68. The van der Waals surface area contributed by atoms with Crippen molar-refractivity contribution in [2.45, 2.75) is 13.8 Å². The smallest absolute Gasteiger partial charge is 0.214 e. The number of methoxy groups -OCH3 is 1. The van der Waals surface area contributed by atoms with E-state index in [-0.39, 0.29) is 0 Å². The van der Waals surface area contributed by atoms with E-state index < -0.39 is 0 Å². The number of anilines is 1. The summed E-state index contributed by atoms with van der Waals surface area (Å²) in [5.74, 6) is 1.34. The van der Waals surface area contributed by atoms with Crippen LogP contribution in [-0.4, -0.2) is 21.7 Å². The molecule has 0 fully saturated rings. The zero-order valence-corrected chi connectivity index (χ0v) is 11.8. The van der Waals surface area contributed by atoms with E-state index in [1.54, 1.807) is 17.8 Å². The Morgan fingerprint density at radius 1 is 1.32 bits per heavy atom. The molecule has 19 heavy (non-hydrogen) atoms. The summed E-state index contributed by atoms with van der Waals surface area (Å²) in [6, 6.07) is 4.17. The molecule has 2 heterocycles. The Labute approximate surface area is 114 Å². The van der Waals surface area contributed by atoms with E-state index >= 15 is 0 Å². The first-order valence-electron chi connectivity index (χ1n) is 5.86. The fourth-order valence-electron chi connectivity index (χ4n) is 2.21. The molecular formula is C13H14N4OS. The van der Waals surface area contributed by atoms with Crippen molar-refractivity contribution < 1.29 is 4.74 Å². The summed E-state index contributed by atoms with van der Waals surface area (Å²) < 4.78 is 7.19. The van der Waals surface area contributed by atoms with Crippen LogP contribution in [0, 0.1) is 13.8 Å².